The molecule has 1 N–H and O–H groups in total. The fourth-order valence-electron chi connectivity index (χ4n) is 3.50. The number of anilines is 2. The molecule has 0 bridgehead atoms. The Hall–Kier alpha value is -3.86. The molecule has 7 nitrogen and oxygen atoms in total. The van der Waals surface area contributed by atoms with Crippen LogP contribution in [0.25, 0.3) is 6.08 Å². The summed E-state index contributed by atoms with van der Waals surface area (Å²) in [4.78, 5) is 19.0. The number of carbonyl (C=O) groups is 1. The Morgan fingerprint density at radius 2 is 1.88 bits per heavy atom. The number of hydrogen-bond acceptors (Lipinski definition) is 6. The van der Waals surface area contributed by atoms with Crippen molar-refractivity contribution in [3.8, 4) is 11.8 Å². The van der Waals surface area contributed by atoms with E-state index in [1.165, 1.54) is 0 Å². The molecule has 0 saturated carbocycles. The maximum absolute atomic E-state index is 12.9. The van der Waals surface area contributed by atoms with Crippen LogP contribution in [-0.4, -0.2) is 37.2 Å². The van der Waals surface area contributed by atoms with Gasteiger partial charge in [0.25, 0.3) is 5.91 Å². The van der Waals surface area contributed by atoms with Crippen molar-refractivity contribution in [3.05, 3.63) is 88.7 Å². The van der Waals surface area contributed by atoms with E-state index < -0.39 is 5.91 Å². The molecule has 0 atom stereocenters. The lowest BCUT2D eigenvalue weighted by molar-refractivity contribution is -0.112. The highest BCUT2D eigenvalue weighted by Crippen LogP contribution is 2.30. The molecule has 2 aromatic carbocycles. The molecule has 172 valence electrons. The number of amides is 1. The third-order valence-corrected chi connectivity index (χ3v) is 5.50. The topological polar surface area (TPSA) is 87.5 Å². The van der Waals surface area contributed by atoms with Gasteiger partial charge in [-0.25, -0.2) is 0 Å². The molecule has 1 saturated heterocycles. The lowest BCUT2D eigenvalue weighted by Gasteiger charge is -2.30. The van der Waals surface area contributed by atoms with Crippen molar-refractivity contribution < 1.29 is 14.3 Å². The fraction of sp³-hybridized carbons (Fsp3) is 0.192. The second kappa shape index (κ2) is 11.3. The van der Waals surface area contributed by atoms with Gasteiger partial charge in [-0.05, 0) is 59.7 Å². The Kier molecular flexibility index (Phi) is 7.76. The van der Waals surface area contributed by atoms with Gasteiger partial charge in [0.15, 0.2) is 0 Å². The molecule has 0 unspecified atom stereocenters. The van der Waals surface area contributed by atoms with E-state index >= 15 is 0 Å². The van der Waals surface area contributed by atoms with Gasteiger partial charge in [0.05, 0.1) is 24.6 Å². The minimum atomic E-state index is -0.503. The van der Waals surface area contributed by atoms with Crippen molar-refractivity contribution in [2.75, 3.05) is 36.5 Å². The smallest absolute Gasteiger partial charge is 0.266 e. The summed E-state index contributed by atoms with van der Waals surface area (Å²) in [7, 11) is 0. The first-order valence-electron chi connectivity index (χ1n) is 10.8. The highest BCUT2D eigenvalue weighted by Gasteiger charge is 2.18. The molecule has 1 aromatic heterocycles. The standard InChI is InChI=1S/C26H23ClN4O3/c27-22-3-6-25(31-11-13-33-14-12-31)24(16-22)30-26(32)21(17-28)15-19-1-4-23(5-2-19)34-18-20-7-9-29-10-8-20/h1-10,15-16H,11-14,18H2,(H,30,32)/b21-15+. The molecule has 1 amide bonds. The van der Waals surface area contributed by atoms with E-state index in [0.717, 1.165) is 11.3 Å². The number of rotatable bonds is 7. The molecular formula is C26H23ClN4O3. The van der Waals surface area contributed by atoms with Crippen molar-refractivity contribution in [1.82, 2.24) is 4.98 Å². The molecule has 34 heavy (non-hydrogen) atoms. The maximum Gasteiger partial charge on any atom is 0.266 e. The van der Waals surface area contributed by atoms with Gasteiger partial charge in [-0.2, -0.15) is 5.26 Å². The summed E-state index contributed by atoms with van der Waals surface area (Å²) in [5.41, 5.74) is 3.11. The number of nitrogens with one attached hydrogen (secondary N) is 1. The minimum Gasteiger partial charge on any atom is -0.489 e. The summed E-state index contributed by atoms with van der Waals surface area (Å²) in [6.45, 7) is 3.07. The van der Waals surface area contributed by atoms with E-state index in [-0.39, 0.29) is 5.57 Å². The number of nitrogens with zero attached hydrogens (tertiary/aromatic N) is 3. The number of halogens is 1. The van der Waals surface area contributed by atoms with Gasteiger partial charge in [0.2, 0.25) is 0 Å². The molecule has 0 radical (unpaired) electrons. The highest BCUT2D eigenvalue weighted by molar-refractivity contribution is 6.31. The number of carbonyl (C=O) groups excluding carboxylic acids is 1. The molecule has 2 heterocycles. The molecule has 1 aliphatic rings. The van der Waals surface area contributed by atoms with Crippen LogP contribution in [0.4, 0.5) is 11.4 Å². The van der Waals surface area contributed by atoms with Crippen LogP contribution < -0.4 is 15.0 Å². The summed E-state index contributed by atoms with van der Waals surface area (Å²) in [6.07, 6.45) is 4.98. The summed E-state index contributed by atoms with van der Waals surface area (Å²) < 4.78 is 11.2. The Bertz CT molecular complexity index is 1200. The van der Waals surface area contributed by atoms with E-state index in [1.807, 2.05) is 24.3 Å². The number of aromatic nitrogens is 1. The second-order valence-electron chi connectivity index (χ2n) is 7.60. The summed E-state index contributed by atoms with van der Waals surface area (Å²) >= 11 is 6.17. The first kappa shape index (κ1) is 23.3. The van der Waals surface area contributed by atoms with Crippen LogP contribution in [0.1, 0.15) is 11.1 Å². The number of benzene rings is 2. The third-order valence-electron chi connectivity index (χ3n) is 5.27. The first-order chi connectivity index (χ1) is 16.6. The lowest BCUT2D eigenvalue weighted by Crippen LogP contribution is -2.36. The van der Waals surface area contributed by atoms with E-state index in [2.05, 4.69) is 15.2 Å². The molecule has 8 heteroatoms. The third kappa shape index (κ3) is 6.13. The van der Waals surface area contributed by atoms with Crippen LogP contribution in [0.2, 0.25) is 5.02 Å². The molecule has 3 aromatic rings. The van der Waals surface area contributed by atoms with Crippen molar-refractivity contribution in [2.45, 2.75) is 6.61 Å². The zero-order valence-electron chi connectivity index (χ0n) is 18.4. The van der Waals surface area contributed by atoms with E-state index in [4.69, 9.17) is 21.1 Å². The number of pyridine rings is 1. The lowest BCUT2D eigenvalue weighted by atomic mass is 10.1. The van der Waals surface area contributed by atoms with Crippen LogP contribution in [0, 0.1) is 11.3 Å². The highest BCUT2D eigenvalue weighted by atomic mass is 35.5. The predicted molar refractivity (Wildman–Crippen MR) is 132 cm³/mol. The normalized spacial score (nSPS) is 13.8. The summed E-state index contributed by atoms with van der Waals surface area (Å²) in [6, 6.07) is 18.3. The summed E-state index contributed by atoms with van der Waals surface area (Å²) in [5, 5.41) is 13.0. The number of nitriles is 1. The molecule has 1 fully saturated rings. The van der Waals surface area contributed by atoms with Crippen LogP contribution in [-0.2, 0) is 16.1 Å². The van der Waals surface area contributed by atoms with E-state index in [0.29, 0.717) is 54.9 Å². The molecular weight excluding hydrogens is 452 g/mol. The Labute approximate surface area is 203 Å². The van der Waals surface area contributed by atoms with E-state index in [1.54, 1.807) is 54.9 Å². The number of morpholine rings is 1. The Morgan fingerprint density at radius 1 is 1.15 bits per heavy atom. The van der Waals surface area contributed by atoms with Crippen LogP contribution in [0.5, 0.6) is 5.75 Å². The van der Waals surface area contributed by atoms with E-state index in [9.17, 15) is 10.1 Å². The van der Waals surface area contributed by atoms with Gasteiger partial charge < -0.3 is 19.7 Å². The van der Waals surface area contributed by atoms with Crippen LogP contribution in [0.15, 0.2) is 72.6 Å². The van der Waals surface area contributed by atoms with Crippen molar-refractivity contribution in [3.63, 3.8) is 0 Å². The summed E-state index contributed by atoms with van der Waals surface area (Å²) in [5.74, 6) is 0.184. The zero-order chi connectivity index (χ0) is 23.8. The molecule has 0 spiro atoms. The van der Waals surface area contributed by atoms with Gasteiger partial charge in [-0.3, -0.25) is 9.78 Å². The predicted octanol–water partition coefficient (Wildman–Crippen LogP) is 4.70. The average molecular weight is 475 g/mol. The SMILES string of the molecule is N#C/C(=C\c1ccc(OCc2ccncc2)cc1)C(=O)Nc1cc(Cl)ccc1N1CCOCC1. The molecule has 1 aliphatic heterocycles. The van der Waals surface area contributed by atoms with Crippen LogP contribution in [0.3, 0.4) is 0 Å². The monoisotopic (exact) mass is 474 g/mol. The quantitative estimate of drug-likeness (QED) is 0.394. The minimum absolute atomic E-state index is 0.0154. The molecule has 4 rings (SSSR count). The molecule has 0 aliphatic carbocycles. The average Bonchev–Trinajstić information content (AvgIpc) is 2.88. The Morgan fingerprint density at radius 3 is 2.59 bits per heavy atom. The van der Waals surface area contributed by atoms with Crippen molar-refractivity contribution in [2.24, 2.45) is 0 Å². The van der Waals surface area contributed by atoms with Crippen molar-refractivity contribution in [1.29, 1.82) is 5.26 Å². The van der Waals surface area contributed by atoms with Crippen molar-refractivity contribution >= 4 is 35.0 Å². The fourth-order valence-corrected chi connectivity index (χ4v) is 3.67. The first-order valence-corrected chi connectivity index (χ1v) is 11.2. The largest absolute Gasteiger partial charge is 0.489 e. The second-order valence-corrected chi connectivity index (χ2v) is 8.03. The van der Waals surface area contributed by atoms with Crippen LogP contribution >= 0.6 is 11.6 Å². The van der Waals surface area contributed by atoms with Gasteiger partial charge in [-0.15, -0.1) is 0 Å². The zero-order valence-corrected chi connectivity index (χ0v) is 19.2. The van der Waals surface area contributed by atoms with Gasteiger partial charge in [0, 0.05) is 30.5 Å². The van der Waals surface area contributed by atoms with Gasteiger partial charge >= 0.3 is 0 Å². The number of ether oxygens (including phenoxy) is 2. The maximum atomic E-state index is 12.9. The Balaban J connectivity index is 1.45. The number of hydrogen-bond donors (Lipinski definition) is 1. The van der Waals surface area contributed by atoms with Gasteiger partial charge in [-0.1, -0.05) is 23.7 Å². The van der Waals surface area contributed by atoms with Gasteiger partial charge in [0.1, 0.15) is 24.0 Å².